The summed E-state index contributed by atoms with van der Waals surface area (Å²) in [7, 11) is 0. The zero-order valence-corrected chi connectivity index (χ0v) is 19.5. The molecule has 3 atom stereocenters. The molecule has 160 valence electrons. The number of benzene rings is 2. The van der Waals surface area contributed by atoms with Crippen LogP contribution in [-0.4, -0.2) is 45.5 Å². The molecule has 1 heterocycles. The summed E-state index contributed by atoms with van der Waals surface area (Å²) in [4.78, 5) is 15.1. The highest BCUT2D eigenvalue weighted by Gasteiger charge is 2.33. The average molecular weight is 465 g/mol. The molecule has 1 fully saturated rings. The van der Waals surface area contributed by atoms with E-state index < -0.39 is 5.97 Å². The van der Waals surface area contributed by atoms with Crippen LogP contribution in [-0.2, 0) is 24.2 Å². The molecule has 4 rings (SSSR count). The predicted octanol–water partition coefficient (Wildman–Crippen LogP) is 5.39. The molecule has 1 saturated heterocycles. The van der Waals surface area contributed by atoms with E-state index in [0.29, 0.717) is 35.0 Å². The first kappa shape index (κ1) is 22.0. The van der Waals surface area contributed by atoms with Crippen LogP contribution in [0.15, 0.2) is 41.3 Å². The fraction of sp³-hybridized carbons (Fsp3) is 0.435. The summed E-state index contributed by atoms with van der Waals surface area (Å²) >= 11 is 14.0. The van der Waals surface area contributed by atoms with Crippen LogP contribution in [0.1, 0.15) is 30.5 Å². The predicted molar refractivity (Wildman–Crippen MR) is 123 cm³/mol. The molecule has 1 aliphatic carbocycles. The van der Waals surface area contributed by atoms with E-state index >= 15 is 0 Å². The maximum absolute atomic E-state index is 11.5. The van der Waals surface area contributed by atoms with Gasteiger partial charge in [-0.15, -0.1) is 0 Å². The molecule has 0 saturated carbocycles. The maximum atomic E-state index is 11.5. The van der Waals surface area contributed by atoms with E-state index in [1.54, 1.807) is 11.9 Å². The van der Waals surface area contributed by atoms with E-state index in [0.717, 1.165) is 19.6 Å². The van der Waals surface area contributed by atoms with E-state index in [1.807, 2.05) is 18.2 Å². The van der Waals surface area contributed by atoms with Crippen LogP contribution in [0, 0.1) is 5.92 Å². The van der Waals surface area contributed by atoms with Crippen molar-refractivity contribution in [3.05, 3.63) is 63.1 Å². The third-order valence-corrected chi connectivity index (χ3v) is 8.25. The number of hydrogen-bond acceptors (Lipinski definition) is 4. The molecule has 3 unspecified atom stereocenters. The van der Waals surface area contributed by atoms with Gasteiger partial charge in [-0.1, -0.05) is 41.4 Å². The topological polar surface area (TPSA) is 43.8 Å². The molecule has 0 amide bonds. The summed E-state index contributed by atoms with van der Waals surface area (Å²) in [5.41, 5.74) is 3.57. The van der Waals surface area contributed by atoms with Crippen LogP contribution in [0.5, 0.6) is 0 Å². The number of halogens is 2. The number of aliphatic carboxylic acids is 1. The number of carboxylic acid groups (broad SMARTS) is 1. The normalized spacial score (nSPS) is 24.7. The lowest BCUT2D eigenvalue weighted by atomic mass is 10.1. The third kappa shape index (κ3) is 4.66. The summed E-state index contributed by atoms with van der Waals surface area (Å²) in [6, 6.07) is 12.9. The Hall–Kier alpha value is -1.24. The number of fused-ring (bicyclic) bond motifs is 1. The molecular formula is C23H26Cl2N2O2S. The van der Waals surface area contributed by atoms with E-state index in [4.69, 9.17) is 23.2 Å². The van der Waals surface area contributed by atoms with Crippen molar-refractivity contribution < 1.29 is 9.90 Å². The first-order valence-electron chi connectivity index (χ1n) is 10.3. The summed E-state index contributed by atoms with van der Waals surface area (Å²) in [5, 5.41) is 10.6. The lowest BCUT2D eigenvalue weighted by Gasteiger charge is -2.43. The minimum Gasteiger partial charge on any atom is -0.481 e. The molecule has 4 nitrogen and oxygen atoms in total. The van der Waals surface area contributed by atoms with Gasteiger partial charge in [-0.25, -0.2) is 4.31 Å². The third-order valence-electron chi connectivity index (χ3n) is 6.00. The van der Waals surface area contributed by atoms with E-state index in [2.05, 4.69) is 41.3 Å². The summed E-state index contributed by atoms with van der Waals surface area (Å²) < 4.78 is 2.47. The number of rotatable bonds is 5. The molecule has 0 aromatic heterocycles. The first-order chi connectivity index (χ1) is 14.3. The van der Waals surface area contributed by atoms with Crippen molar-refractivity contribution in [2.75, 3.05) is 13.1 Å². The van der Waals surface area contributed by atoms with Crippen LogP contribution in [0.4, 0.5) is 0 Å². The van der Waals surface area contributed by atoms with Crippen molar-refractivity contribution in [1.82, 2.24) is 9.21 Å². The van der Waals surface area contributed by atoms with Gasteiger partial charge in [-0.2, -0.15) is 0 Å². The highest BCUT2D eigenvalue weighted by Crippen LogP contribution is 2.38. The van der Waals surface area contributed by atoms with Crippen LogP contribution in [0.3, 0.4) is 0 Å². The smallest absolute Gasteiger partial charge is 0.307 e. The Labute approximate surface area is 192 Å². The molecule has 2 aromatic rings. The van der Waals surface area contributed by atoms with Gasteiger partial charge >= 0.3 is 5.97 Å². The minimum atomic E-state index is -0.695. The lowest BCUT2D eigenvalue weighted by molar-refractivity contribution is -0.141. The molecule has 1 N–H and O–H groups in total. The van der Waals surface area contributed by atoms with Gasteiger partial charge < -0.3 is 5.11 Å². The second-order valence-corrected chi connectivity index (χ2v) is 10.3. The second-order valence-electron chi connectivity index (χ2n) is 8.43. The first-order valence-corrected chi connectivity index (χ1v) is 11.8. The Kier molecular flexibility index (Phi) is 6.66. The van der Waals surface area contributed by atoms with Gasteiger partial charge in [0.15, 0.2) is 0 Å². The van der Waals surface area contributed by atoms with Gasteiger partial charge in [-0.05, 0) is 73.5 Å². The molecule has 0 spiro atoms. The number of piperazine rings is 1. The lowest BCUT2D eigenvalue weighted by Crippen LogP contribution is -2.53. The van der Waals surface area contributed by atoms with Crippen molar-refractivity contribution >= 4 is 41.1 Å². The highest BCUT2D eigenvalue weighted by molar-refractivity contribution is 7.97. The summed E-state index contributed by atoms with van der Waals surface area (Å²) in [6.07, 6.45) is 1.27. The molecule has 0 radical (unpaired) electrons. The van der Waals surface area contributed by atoms with Gasteiger partial charge in [0, 0.05) is 36.6 Å². The second kappa shape index (κ2) is 9.09. The van der Waals surface area contributed by atoms with Crippen molar-refractivity contribution in [3.8, 4) is 0 Å². The number of carbonyl (C=O) groups is 1. The molecule has 30 heavy (non-hydrogen) atoms. The quantitative estimate of drug-likeness (QED) is 0.600. The summed E-state index contributed by atoms with van der Waals surface area (Å²) in [6.45, 7) is 7.29. The van der Waals surface area contributed by atoms with E-state index in [9.17, 15) is 9.90 Å². The zero-order chi connectivity index (χ0) is 21.4. The van der Waals surface area contributed by atoms with Gasteiger partial charge in [0.05, 0.1) is 16.0 Å². The van der Waals surface area contributed by atoms with Crippen molar-refractivity contribution in [3.63, 3.8) is 0 Å². The molecular weight excluding hydrogens is 439 g/mol. The average Bonchev–Trinajstić information content (AvgIpc) is 3.13. The van der Waals surface area contributed by atoms with Gasteiger partial charge in [0.2, 0.25) is 0 Å². The maximum Gasteiger partial charge on any atom is 0.307 e. The monoisotopic (exact) mass is 464 g/mol. The Balaban J connectivity index is 1.43. The molecule has 2 aromatic carbocycles. The van der Waals surface area contributed by atoms with Crippen molar-refractivity contribution in [2.45, 2.75) is 50.2 Å². The van der Waals surface area contributed by atoms with Gasteiger partial charge in [0.25, 0.3) is 0 Å². The van der Waals surface area contributed by atoms with E-state index in [-0.39, 0.29) is 5.92 Å². The summed E-state index contributed by atoms with van der Waals surface area (Å²) in [5.74, 6) is -0.987. The van der Waals surface area contributed by atoms with Crippen LogP contribution < -0.4 is 0 Å². The molecule has 0 bridgehead atoms. The standard InChI is InChI=1S/C23H26Cl2N2O2S/c1-14-11-26(13-16-6-7-20(24)21(25)8-16)12-15(2)27(14)30-22-5-3-4-17-9-18(23(28)29)10-19(17)22/h3-8,14-15,18H,9-13H2,1-2H3,(H,28,29). The Bertz CT molecular complexity index is 943. The fourth-order valence-corrected chi connectivity index (χ4v) is 6.12. The largest absolute Gasteiger partial charge is 0.481 e. The Morgan fingerprint density at radius 1 is 1.10 bits per heavy atom. The molecule has 1 aliphatic heterocycles. The van der Waals surface area contributed by atoms with Gasteiger partial charge in [-0.3, -0.25) is 9.69 Å². The van der Waals surface area contributed by atoms with Crippen LogP contribution >= 0.6 is 35.1 Å². The molecule has 2 aliphatic rings. The number of hydrogen-bond donors (Lipinski definition) is 1. The fourth-order valence-electron chi connectivity index (χ4n) is 4.61. The minimum absolute atomic E-state index is 0.292. The van der Waals surface area contributed by atoms with Crippen LogP contribution in [0.2, 0.25) is 10.0 Å². The Morgan fingerprint density at radius 3 is 2.50 bits per heavy atom. The van der Waals surface area contributed by atoms with Crippen molar-refractivity contribution in [1.29, 1.82) is 0 Å². The van der Waals surface area contributed by atoms with E-state index in [1.165, 1.54) is 21.6 Å². The van der Waals surface area contributed by atoms with Gasteiger partial charge in [0.1, 0.15) is 0 Å². The van der Waals surface area contributed by atoms with Crippen LogP contribution in [0.25, 0.3) is 0 Å². The Morgan fingerprint density at radius 2 is 1.83 bits per heavy atom. The molecule has 7 heteroatoms. The zero-order valence-electron chi connectivity index (χ0n) is 17.1. The SMILES string of the molecule is CC1CN(Cc2ccc(Cl)c(Cl)c2)CC(C)N1Sc1cccc2c1CC(C(=O)O)C2. The number of nitrogens with zero attached hydrogens (tertiary/aromatic N) is 2. The highest BCUT2D eigenvalue weighted by atomic mass is 35.5. The number of carboxylic acids is 1. The van der Waals surface area contributed by atoms with Crippen molar-refractivity contribution in [2.24, 2.45) is 5.92 Å².